The summed E-state index contributed by atoms with van der Waals surface area (Å²) in [5, 5.41) is 0.0697. The van der Waals surface area contributed by atoms with Crippen LogP contribution in [0, 0.1) is 17.7 Å². The summed E-state index contributed by atoms with van der Waals surface area (Å²) in [7, 11) is 0. The zero-order valence-electron chi connectivity index (χ0n) is 10.3. The first-order chi connectivity index (χ1) is 8.58. The maximum atomic E-state index is 13.0. The van der Waals surface area contributed by atoms with Gasteiger partial charge in [-0.3, -0.25) is 4.79 Å². The molecule has 0 aliphatic carbocycles. The van der Waals surface area contributed by atoms with Gasteiger partial charge in [-0.25, -0.2) is 4.39 Å². The van der Waals surface area contributed by atoms with Gasteiger partial charge in [-0.15, -0.1) is 0 Å². The van der Waals surface area contributed by atoms with E-state index in [1.165, 1.54) is 12.1 Å². The topological polar surface area (TPSA) is 26.3 Å². The van der Waals surface area contributed by atoms with Gasteiger partial charge in [0, 0.05) is 25.6 Å². The fraction of sp³-hybridized carbons (Fsp3) is 0.500. The molecule has 98 valence electrons. The minimum absolute atomic E-state index is 0.0441. The summed E-state index contributed by atoms with van der Waals surface area (Å²) < 4.78 is 18.3. The van der Waals surface area contributed by atoms with Gasteiger partial charge in [-0.2, -0.15) is 0 Å². The van der Waals surface area contributed by atoms with Crippen molar-refractivity contribution in [2.45, 2.75) is 19.8 Å². The molecule has 0 aromatic heterocycles. The molecule has 0 N–H and O–H groups in total. The van der Waals surface area contributed by atoms with Crippen LogP contribution in [0.3, 0.4) is 0 Å². The molecule has 0 bridgehead atoms. The number of ketones is 1. The summed E-state index contributed by atoms with van der Waals surface area (Å²) in [5.41, 5.74) is 0.769. The highest BCUT2D eigenvalue weighted by Crippen LogP contribution is 2.24. The van der Waals surface area contributed by atoms with Crippen molar-refractivity contribution >= 4 is 17.4 Å². The van der Waals surface area contributed by atoms with E-state index in [1.807, 2.05) is 6.92 Å². The van der Waals surface area contributed by atoms with Crippen LogP contribution in [0.25, 0.3) is 0 Å². The third kappa shape index (κ3) is 3.09. The second kappa shape index (κ2) is 5.81. The van der Waals surface area contributed by atoms with Gasteiger partial charge in [0.25, 0.3) is 0 Å². The summed E-state index contributed by atoms with van der Waals surface area (Å²) in [6, 6.07) is 4.44. The molecule has 2 rings (SSSR count). The maximum Gasteiger partial charge on any atom is 0.141 e. The molecule has 18 heavy (non-hydrogen) atoms. The minimum Gasteiger partial charge on any atom is -0.381 e. The van der Waals surface area contributed by atoms with Crippen LogP contribution in [0.15, 0.2) is 18.2 Å². The highest BCUT2D eigenvalue weighted by atomic mass is 35.5. The summed E-state index contributed by atoms with van der Waals surface area (Å²) >= 11 is 5.71. The van der Waals surface area contributed by atoms with Crippen molar-refractivity contribution in [1.29, 1.82) is 0 Å². The zero-order valence-corrected chi connectivity index (χ0v) is 11.0. The van der Waals surface area contributed by atoms with E-state index in [-0.39, 0.29) is 22.6 Å². The van der Waals surface area contributed by atoms with E-state index in [9.17, 15) is 9.18 Å². The first-order valence-corrected chi connectivity index (χ1v) is 6.50. The van der Waals surface area contributed by atoms with Gasteiger partial charge >= 0.3 is 0 Å². The van der Waals surface area contributed by atoms with E-state index in [1.54, 1.807) is 6.07 Å². The lowest BCUT2D eigenvalue weighted by molar-refractivity contribution is -0.127. The van der Waals surface area contributed by atoms with Gasteiger partial charge in [0.05, 0.1) is 5.02 Å². The first kappa shape index (κ1) is 13.5. The zero-order chi connectivity index (χ0) is 13.1. The molecule has 4 heteroatoms. The lowest BCUT2D eigenvalue weighted by Gasteiger charge is -2.27. The molecule has 1 aromatic carbocycles. The number of carbonyl (C=O) groups excluding carboxylic acids is 1. The van der Waals surface area contributed by atoms with Crippen molar-refractivity contribution in [3.05, 3.63) is 34.6 Å². The average Bonchev–Trinajstić information content (AvgIpc) is 2.34. The van der Waals surface area contributed by atoms with Crippen LogP contribution in [0.5, 0.6) is 0 Å². The maximum absolute atomic E-state index is 13.0. The number of Topliss-reactive ketones (excluding diaryl/α,β-unsaturated/α-hetero) is 1. The number of rotatable bonds is 3. The first-order valence-electron chi connectivity index (χ1n) is 6.12. The lowest BCUT2D eigenvalue weighted by atomic mass is 9.84. The number of carbonyl (C=O) groups is 1. The number of hydrogen-bond acceptors (Lipinski definition) is 2. The van der Waals surface area contributed by atoms with E-state index in [0.29, 0.717) is 19.6 Å². The molecule has 0 saturated carbocycles. The molecule has 2 atom stereocenters. The molecule has 0 amide bonds. The number of hydrogen-bond donors (Lipinski definition) is 0. The van der Waals surface area contributed by atoms with E-state index >= 15 is 0 Å². The van der Waals surface area contributed by atoms with Gasteiger partial charge in [-0.05, 0) is 30.0 Å². The molecule has 1 aliphatic heterocycles. The Morgan fingerprint density at radius 2 is 2.33 bits per heavy atom. The number of halogens is 2. The molecule has 0 spiro atoms. The Kier molecular flexibility index (Phi) is 4.36. The fourth-order valence-electron chi connectivity index (χ4n) is 2.34. The molecule has 1 aromatic rings. The van der Waals surface area contributed by atoms with Crippen LogP contribution in [0.1, 0.15) is 18.9 Å². The highest BCUT2D eigenvalue weighted by Gasteiger charge is 2.28. The number of benzene rings is 1. The SMILES string of the molecule is CC1COCCC1C(=O)Cc1ccc(F)c(Cl)c1. The molecular weight excluding hydrogens is 255 g/mol. The highest BCUT2D eigenvalue weighted by molar-refractivity contribution is 6.30. The van der Waals surface area contributed by atoms with Crippen LogP contribution >= 0.6 is 11.6 Å². The van der Waals surface area contributed by atoms with Gasteiger partial charge in [0.2, 0.25) is 0 Å². The van der Waals surface area contributed by atoms with Gasteiger partial charge in [0.15, 0.2) is 0 Å². The van der Waals surface area contributed by atoms with Crippen LogP contribution < -0.4 is 0 Å². The Balaban J connectivity index is 2.04. The summed E-state index contributed by atoms with van der Waals surface area (Å²) in [4.78, 5) is 12.2. The molecule has 1 heterocycles. The van der Waals surface area contributed by atoms with Crippen molar-refractivity contribution < 1.29 is 13.9 Å². The molecule has 2 unspecified atom stereocenters. The smallest absolute Gasteiger partial charge is 0.141 e. The largest absolute Gasteiger partial charge is 0.381 e. The Morgan fingerprint density at radius 3 is 3.00 bits per heavy atom. The number of ether oxygens (including phenoxy) is 1. The standard InChI is InChI=1S/C14H16ClFO2/c1-9-8-18-5-4-11(9)14(17)7-10-2-3-13(16)12(15)6-10/h2-3,6,9,11H,4-5,7-8H2,1H3. The van der Waals surface area contributed by atoms with E-state index in [0.717, 1.165) is 12.0 Å². The van der Waals surface area contributed by atoms with Crippen LogP contribution in [-0.4, -0.2) is 19.0 Å². The predicted octanol–water partition coefficient (Wildman–Crippen LogP) is 3.26. The summed E-state index contributed by atoms with van der Waals surface area (Å²) in [5.74, 6) is 0.0329. The second-order valence-electron chi connectivity index (χ2n) is 4.84. The van der Waals surface area contributed by atoms with Gasteiger partial charge < -0.3 is 4.74 Å². The third-order valence-corrected chi connectivity index (χ3v) is 3.71. The molecule has 1 fully saturated rings. The van der Waals surface area contributed by atoms with E-state index in [4.69, 9.17) is 16.3 Å². The van der Waals surface area contributed by atoms with Crippen molar-refractivity contribution in [2.24, 2.45) is 11.8 Å². The quantitative estimate of drug-likeness (QED) is 0.843. The van der Waals surface area contributed by atoms with Crippen LogP contribution in [0.4, 0.5) is 4.39 Å². The predicted molar refractivity (Wildman–Crippen MR) is 68.2 cm³/mol. The average molecular weight is 271 g/mol. The fourth-order valence-corrected chi connectivity index (χ4v) is 2.54. The molecular formula is C14H16ClFO2. The van der Waals surface area contributed by atoms with Crippen LogP contribution in [-0.2, 0) is 16.0 Å². The monoisotopic (exact) mass is 270 g/mol. The Labute approximate surface area is 111 Å². The molecule has 1 saturated heterocycles. The Hall–Kier alpha value is -0.930. The summed E-state index contributed by atoms with van der Waals surface area (Å²) in [6.45, 7) is 3.31. The normalized spacial score (nSPS) is 23.9. The van der Waals surface area contributed by atoms with Gasteiger partial charge in [-0.1, -0.05) is 24.6 Å². The second-order valence-corrected chi connectivity index (χ2v) is 5.25. The van der Waals surface area contributed by atoms with Crippen molar-refractivity contribution in [2.75, 3.05) is 13.2 Å². The van der Waals surface area contributed by atoms with Gasteiger partial charge in [0.1, 0.15) is 11.6 Å². The van der Waals surface area contributed by atoms with E-state index < -0.39 is 5.82 Å². The van der Waals surface area contributed by atoms with Crippen molar-refractivity contribution in [1.82, 2.24) is 0 Å². The van der Waals surface area contributed by atoms with E-state index in [2.05, 4.69) is 0 Å². The molecule has 1 aliphatic rings. The Morgan fingerprint density at radius 1 is 1.56 bits per heavy atom. The molecule has 0 radical (unpaired) electrons. The molecule has 2 nitrogen and oxygen atoms in total. The Bertz CT molecular complexity index is 447. The van der Waals surface area contributed by atoms with Crippen molar-refractivity contribution in [3.8, 4) is 0 Å². The lowest BCUT2D eigenvalue weighted by Crippen LogP contribution is -2.32. The minimum atomic E-state index is -0.452. The third-order valence-electron chi connectivity index (χ3n) is 3.42. The summed E-state index contributed by atoms with van der Waals surface area (Å²) in [6.07, 6.45) is 1.09. The van der Waals surface area contributed by atoms with Crippen LogP contribution in [0.2, 0.25) is 5.02 Å². The van der Waals surface area contributed by atoms with Crippen molar-refractivity contribution in [3.63, 3.8) is 0 Å².